The Balaban J connectivity index is 2.28. The Kier molecular flexibility index (Phi) is 4.92. The SMILES string of the molecule is CCNc1nc(Nc2cc(C)cc(C)c2)nc(OCC)n1. The molecule has 0 atom stereocenters. The number of nitrogens with zero attached hydrogens (tertiary/aromatic N) is 3. The van der Waals surface area contributed by atoms with Crippen molar-refractivity contribution in [3.63, 3.8) is 0 Å². The molecule has 112 valence electrons. The molecule has 0 aliphatic heterocycles. The van der Waals surface area contributed by atoms with Gasteiger partial charge in [-0.1, -0.05) is 6.07 Å². The van der Waals surface area contributed by atoms with Gasteiger partial charge in [0.15, 0.2) is 0 Å². The van der Waals surface area contributed by atoms with Gasteiger partial charge in [-0.3, -0.25) is 0 Å². The van der Waals surface area contributed by atoms with Crippen LogP contribution in [-0.4, -0.2) is 28.1 Å². The van der Waals surface area contributed by atoms with Gasteiger partial charge >= 0.3 is 6.01 Å². The predicted molar refractivity (Wildman–Crippen MR) is 84.4 cm³/mol. The molecule has 0 bridgehead atoms. The molecule has 2 rings (SSSR count). The van der Waals surface area contributed by atoms with Gasteiger partial charge in [-0.25, -0.2) is 0 Å². The zero-order valence-corrected chi connectivity index (χ0v) is 12.9. The lowest BCUT2D eigenvalue weighted by atomic mass is 10.1. The summed E-state index contributed by atoms with van der Waals surface area (Å²) in [6.07, 6.45) is 0. The zero-order valence-electron chi connectivity index (χ0n) is 12.9. The number of aromatic nitrogens is 3. The third-order valence-corrected chi connectivity index (χ3v) is 2.70. The molecule has 0 fully saturated rings. The molecule has 0 spiro atoms. The van der Waals surface area contributed by atoms with Gasteiger partial charge in [0.1, 0.15) is 0 Å². The average Bonchev–Trinajstić information content (AvgIpc) is 2.37. The second-order valence-electron chi connectivity index (χ2n) is 4.73. The fourth-order valence-corrected chi connectivity index (χ4v) is 2.02. The fourth-order valence-electron chi connectivity index (χ4n) is 2.02. The van der Waals surface area contributed by atoms with E-state index in [1.165, 1.54) is 11.1 Å². The van der Waals surface area contributed by atoms with Crippen LogP contribution in [0.2, 0.25) is 0 Å². The smallest absolute Gasteiger partial charge is 0.323 e. The summed E-state index contributed by atoms with van der Waals surface area (Å²) in [7, 11) is 0. The van der Waals surface area contributed by atoms with Crippen LogP contribution in [0.3, 0.4) is 0 Å². The summed E-state index contributed by atoms with van der Waals surface area (Å²) in [4.78, 5) is 12.8. The number of aryl methyl sites for hydroxylation is 2. The number of nitrogens with one attached hydrogen (secondary N) is 2. The van der Waals surface area contributed by atoms with Crippen molar-refractivity contribution in [1.82, 2.24) is 15.0 Å². The Labute approximate surface area is 125 Å². The van der Waals surface area contributed by atoms with Crippen molar-refractivity contribution < 1.29 is 4.74 Å². The first-order chi connectivity index (χ1) is 10.1. The second-order valence-corrected chi connectivity index (χ2v) is 4.73. The van der Waals surface area contributed by atoms with Crippen LogP contribution in [0, 0.1) is 13.8 Å². The molecule has 1 heterocycles. The van der Waals surface area contributed by atoms with Crippen molar-refractivity contribution in [3.05, 3.63) is 29.3 Å². The number of hydrogen-bond donors (Lipinski definition) is 2. The van der Waals surface area contributed by atoms with E-state index >= 15 is 0 Å². The molecular weight excluding hydrogens is 266 g/mol. The summed E-state index contributed by atoms with van der Waals surface area (Å²) in [6, 6.07) is 6.53. The third-order valence-electron chi connectivity index (χ3n) is 2.70. The lowest BCUT2D eigenvalue weighted by Crippen LogP contribution is -2.09. The highest BCUT2D eigenvalue weighted by atomic mass is 16.5. The second kappa shape index (κ2) is 6.88. The highest BCUT2D eigenvalue weighted by molar-refractivity contribution is 5.56. The van der Waals surface area contributed by atoms with Crippen molar-refractivity contribution in [3.8, 4) is 6.01 Å². The Bertz CT molecular complexity index is 571. The molecule has 6 nitrogen and oxygen atoms in total. The lowest BCUT2D eigenvalue weighted by molar-refractivity contribution is 0.312. The summed E-state index contributed by atoms with van der Waals surface area (Å²) < 4.78 is 5.38. The summed E-state index contributed by atoms with van der Waals surface area (Å²) >= 11 is 0. The number of rotatable bonds is 6. The summed E-state index contributed by atoms with van der Waals surface area (Å²) in [5, 5.41) is 6.27. The maximum absolute atomic E-state index is 5.38. The highest BCUT2D eigenvalue weighted by Gasteiger charge is 2.07. The van der Waals surface area contributed by atoms with Gasteiger partial charge in [0.2, 0.25) is 11.9 Å². The van der Waals surface area contributed by atoms with Gasteiger partial charge < -0.3 is 15.4 Å². The Morgan fingerprint density at radius 1 is 0.952 bits per heavy atom. The van der Waals surface area contributed by atoms with E-state index in [0.717, 1.165) is 12.2 Å². The van der Waals surface area contributed by atoms with Crippen LogP contribution in [0.5, 0.6) is 6.01 Å². The van der Waals surface area contributed by atoms with E-state index in [9.17, 15) is 0 Å². The van der Waals surface area contributed by atoms with E-state index in [0.29, 0.717) is 24.5 Å². The third kappa shape index (κ3) is 4.30. The van der Waals surface area contributed by atoms with Gasteiger partial charge in [0.25, 0.3) is 0 Å². The van der Waals surface area contributed by atoms with Gasteiger partial charge in [-0.05, 0) is 51.0 Å². The Hall–Kier alpha value is -2.37. The van der Waals surface area contributed by atoms with Crippen LogP contribution in [0.1, 0.15) is 25.0 Å². The standard InChI is InChI=1S/C15H21N5O/c1-5-16-13-18-14(20-15(19-13)21-6-2)17-12-8-10(3)7-11(4)9-12/h7-9H,5-6H2,1-4H3,(H2,16,17,18,19,20). The molecule has 0 saturated carbocycles. The summed E-state index contributed by atoms with van der Waals surface area (Å²) in [5.74, 6) is 0.970. The quantitative estimate of drug-likeness (QED) is 0.850. The van der Waals surface area contributed by atoms with Crippen molar-refractivity contribution in [1.29, 1.82) is 0 Å². The first-order valence-corrected chi connectivity index (χ1v) is 7.08. The van der Waals surface area contributed by atoms with E-state index < -0.39 is 0 Å². The first-order valence-electron chi connectivity index (χ1n) is 7.08. The van der Waals surface area contributed by atoms with Gasteiger partial charge in [-0.2, -0.15) is 15.0 Å². The first kappa shape index (κ1) is 15.0. The largest absolute Gasteiger partial charge is 0.464 e. The zero-order chi connectivity index (χ0) is 15.2. The molecule has 1 aromatic carbocycles. The van der Waals surface area contributed by atoms with Crippen LogP contribution in [0.25, 0.3) is 0 Å². The molecule has 2 N–H and O–H groups in total. The normalized spacial score (nSPS) is 10.3. The number of anilines is 3. The van der Waals surface area contributed by atoms with E-state index in [4.69, 9.17) is 4.74 Å². The molecule has 0 saturated heterocycles. The summed E-state index contributed by atoms with van der Waals surface area (Å²) in [6.45, 7) is 9.24. The summed E-state index contributed by atoms with van der Waals surface area (Å²) in [5.41, 5.74) is 3.32. The molecule has 0 amide bonds. The maximum atomic E-state index is 5.38. The van der Waals surface area contributed by atoms with E-state index in [1.54, 1.807) is 0 Å². The fraction of sp³-hybridized carbons (Fsp3) is 0.400. The Morgan fingerprint density at radius 3 is 2.24 bits per heavy atom. The Morgan fingerprint density at radius 2 is 1.62 bits per heavy atom. The lowest BCUT2D eigenvalue weighted by Gasteiger charge is -2.10. The minimum absolute atomic E-state index is 0.315. The van der Waals surface area contributed by atoms with Crippen LogP contribution in [0.4, 0.5) is 17.6 Å². The molecule has 1 aromatic heterocycles. The molecule has 0 radical (unpaired) electrons. The van der Waals surface area contributed by atoms with E-state index in [1.807, 2.05) is 26.0 Å². The van der Waals surface area contributed by atoms with Crippen molar-refractivity contribution in [2.24, 2.45) is 0 Å². The molecule has 0 aliphatic carbocycles. The minimum atomic E-state index is 0.315. The number of ether oxygens (including phenoxy) is 1. The molecular formula is C15H21N5O. The number of hydrogen-bond acceptors (Lipinski definition) is 6. The molecule has 0 aliphatic rings. The topological polar surface area (TPSA) is 72.0 Å². The molecule has 6 heteroatoms. The van der Waals surface area contributed by atoms with Gasteiger partial charge in [0, 0.05) is 12.2 Å². The van der Waals surface area contributed by atoms with Crippen LogP contribution < -0.4 is 15.4 Å². The van der Waals surface area contributed by atoms with E-state index in [-0.39, 0.29) is 0 Å². The van der Waals surface area contributed by atoms with E-state index in [2.05, 4.69) is 45.5 Å². The predicted octanol–water partition coefficient (Wildman–Crippen LogP) is 3.06. The molecule has 21 heavy (non-hydrogen) atoms. The van der Waals surface area contributed by atoms with Crippen molar-refractivity contribution in [2.45, 2.75) is 27.7 Å². The van der Waals surface area contributed by atoms with Crippen molar-refractivity contribution in [2.75, 3.05) is 23.8 Å². The molecule has 0 unspecified atom stereocenters. The molecule has 2 aromatic rings. The monoisotopic (exact) mass is 287 g/mol. The van der Waals surface area contributed by atoms with Crippen LogP contribution in [-0.2, 0) is 0 Å². The minimum Gasteiger partial charge on any atom is -0.464 e. The average molecular weight is 287 g/mol. The van der Waals surface area contributed by atoms with Crippen molar-refractivity contribution >= 4 is 17.6 Å². The highest BCUT2D eigenvalue weighted by Crippen LogP contribution is 2.19. The van der Waals surface area contributed by atoms with Crippen LogP contribution in [0.15, 0.2) is 18.2 Å². The number of benzene rings is 1. The van der Waals surface area contributed by atoms with Gasteiger partial charge in [-0.15, -0.1) is 0 Å². The maximum Gasteiger partial charge on any atom is 0.323 e. The van der Waals surface area contributed by atoms with Gasteiger partial charge in [0.05, 0.1) is 6.61 Å². The van der Waals surface area contributed by atoms with Crippen LogP contribution >= 0.6 is 0 Å².